The van der Waals surface area contributed by atoms with Gasteiger partial charge >= 0.3 is 5.97 Å². The number of esters is 1. The minimum atomic E-state index is -0.908. The van der Waals surface area contributed by atoms with Gasteiger partial charge in [-0.05, 0) is 238 Å². The largest absolute Gasteiger partial charge is 0.493 e. The lowest BCUT2D eigenvalue weighted by molar-refractivity contribution is -0.149. The number of amides is 2. The third kappa shape index (κ3) is 20.1. The van der Waals surface area contributed by atoms with E-state index in [1.54, 1.807) is 64.7 Å². The summed E-state index contributed by atoms with van der Waals surface area (Å²) in [5.41, 5.74) is 10.8. The lowest BCUT2D eigenvalue weighted by Crippen LogP contribution is -2.34. The molecule has 16 rings (SSSR count). The van der Waals surface area contributed by atoms with E-state index >= 15 is 0 Å². The average Bonchev–Trinajstić information content (AvgIpc) is 1.50. The highest BCUT2D eigenvalue weighted by atomic mass is 35.5. The standard InChI is InChI=1S/C25H35NO4.C24H23N3O4.C22H23Cl2N3O2.C21H21NO3/c1-4-29-23-14-19-18-8-6-7-9-21(18)26-24(20(19)15-22(23)28-3)16-10-12-17(13-11-16)25(27)30-5-2;1-15-18-6-4-8-20(21(18)31-27-15)30-23-19(7-5-13-25-23)22(28)26-14-16-9-11-17(12-10-16)24(2,3)29;1-14-10-26(11-15-5-3-2-4-6-15)20-9-16(7-8-17(14)20)22(28)25-21-18(23)12-27(29)13-19(21)24;1-23-20-10-9-15(14-21(20)24-16-6-2-3-7-16)18-11-12-19(25-18)17-8-4-5-13-22-17/h14-18,21H,4-13H2,1-3H3;4-13,29H,14H2,1-3H3,(H,26,28);7-10,12-13,15,29H,2-6,11H2,1H3;4-5,8-14,16H,2-3,6-7H2,1H3. The summed E-state index contributed by atoms with van der Waals surface area (Å²) in [6.45, 7) is 13.7. The highest BCUT2D eigenvalue weighted by Crippen LogP contribution is 2.47. The van der Waals surface area contributed by atoms with Gasteiger partial charge in [0.05, 0.1) is 79.2 Å². The van der Waals surface area contributed by atoms with Crippen LogP contribution >= 0.6 is 23.2 Å². The van der Waals surface area contributed by atoms with E-state index in [4.69, 9.17) is 65.6 Å². The second-order valence-corrected chi connectivity index (χ2v) is 31.5. The van der Waals surface area contributed by atoms with Gasteiger partial charge in [0, 0.05) is 82.2 Å². The molecule has 23 heteroatoms. The molecule has 11 aromatic rings. The van der Waals surface area contributed by atoms with E-state index < -0.39 is 11.5 Å². The number of carbonyl (C=O) groups excluding carboxylic acids is 3. The molecule has 3 N–H and O–H groups in total. The van der Waals surface area contributed by atoms with Gasteiger partial charge in [-0.15, -0.1) is 0 Å². The Morgan fingerprint density at radius 2 is 1.41 bits per heavy atom. The molecule has 0 radical (unpaired) electrons. The van der Waals surface area contributed by atoms with Crippen LogP contribution in [0.1, 0.15) is 197 Å². The number of fused-ring (bicyclic) bond motifs is 5. The zero-order valence-corrected chi connectivity index (χ0v) is 68.2. The summed E-state index contributed by atoms with van der Waals surface area (Å²) >= 11 is 12.2. The van der Waals surface area contributed by atoms with Gasteiger partial charge in [0.1, 0.15) is 22.4 Å². The molecule has 4 fully saturated rings. The summed E-state index contributed by atoms with van der Waals surface area (Å²) < 4.78 is 48.8. The smallest absolute Gasteiger partial charge is 0.308 e. The van der Waals surface area contributed by atoms with Crippen molar-refractivity contribution in [1.82, 2.24) is 29.7 Å². The van der Waals surface area contributed by atoms with Crippen molar-refractivity contribution in [2.45, 2.75) is 187 Å². The number of hydrogen-bond donors (Lipinski definition) is 3. The molecule has 6 aromatic heterocycles. The van der Waals surface area contributed by atoms with Crippen LogP contribution in [0.3, 0.4) is 0 Å². The lowest BCUT2D eigenvalue weighted by atomic mass is 9.71. The van der Waals surface area contributed by atoms with Gasteiger partial charge in [0.15, 0.2) is 34.5 Å². The zero-order valence-electron chi connectivity index (χ0n) is 66.7. The number of carbonyl (C=O) groups is 3. The van der Waals surface area contributed by atoms with Crippen LogP contribution < -0.4 is 34.4 Å². The number of furan rings is 1. The molecule has 2 unspecified atom stereocenters. The first-order valence-electron chi connectivity index (χ1n) is 40.2. The van der Waals surface area contributed by atoms with Crippen molar-refractivity contribution in [1.29, 1.82) is 0 Å². The average molecular weight is 1600 g/mol. The summed E-state index contributed by atoms with van der Waals surface area (Å²) in [4.78, 5) is 55.8. The fourth-order valence-electron chi connectivity index (χ4n) is 16.2. The maximum Gasteiger partial charge on any atom is 0.308 e. The zero-order chi connectivity index (χ0) is 80.7. The third-order valence-corrected chi connectivity index (χ3v) is 22.8. The number of aryl methyl sites for hydroxylation is 2. The Hall–Kier alpha value is -10.7. The van der Waals surface area contributed by atoms with E-state index in [1.807, 2.05) is 118 Å². The molecule has 1 aliphatic heterocycles. The van der Waals surface area contributed by atoms with Crippen molar-refractivity contribution in [2.75, 3.05) is 27.4 Å². The van der Waals surface area contributed by atoms with Crippen LogP contribution in [0.5, 0.6) is 34.6 Å². The second kappa shape index (κ2) is 38.1. The summed E-state index contributed by atoms with van der Waals surface area (Å²) in [6.07, 6.45) is 28.1. The van der Waals surface area contributed by atoms with Gasteiger partial charge in [-0.1, -0.05) is 103 Å². The van der Waals surface area contributed by atoms with Gasteiger partial charge in [0.25, 0.3) is 11.8 Å². The van der Waals surface area contributed by atoms with Crippen LogP contribution in [0.2, 0.25) is 10.0 Å². The Morgan fingerprint density at radius 3 is 2.13 bits per heavy atom. The molecule has 2 atom stereocenters. The molecule has 0 spiro atoms. The summed E-state index contributed by atoms with van der Waals surface area (Å²) in [5.74, 6) is 6.19. The van der Waals surface area contributed by atoms with Crippen molar-refractivity contribution in [3.8, 4) is 57.4 Å². The van der Waals surface area contributed by atoms with Crippen molar-refractivity contribution in [2.24, 2.45) is 27.7 Å². The van der Waals surface area contributed by atoms with Gasteiger partial charge in [0.2, 0.25) is 11.5 Å². The number of pyridine rings is 3. The molecule has 21 nitrogen and oxygen atoms in total. The molecule has 0 bridgehead atoms. The summed E-state index contributed by atoms with van der Waals surface area (Å²) in [6, 6.07) is 42.3. The number of ether oxygens (including phenoxy) is 6. The maximum atomic E-state index is 12.8. The Balaban J connectivity index is 0.000000134. The van der Waals surface area contributed by atoms with Crippen LogP contribution in [0.25, 0.3) is 44.7 Å². The normalized spacial score (nSPS) is 17.4. The topological polar surface area (TPSA) is 259 Å². The number of aromatic nitrogens is 5. The molecule has 602 valence electrons. The molecular weight excluding hydrogens is 1500 g/mol. The molecule has 5 aliphatic rings. The number of nitrogens with one attached hydrogen (secondary N) is 1. The number of hydrogen-bond acceptors (Lipinski definition) is 17. The molecule has 7 heterocycles. The second-order valence-electron chi connectivity index (χ2n) is 30.7. The minimum Gasteiger partial charge on any atom is -0.493 e. The summed E-state index contributed by atoms with van der Waals surface area (Å²) in [5, 5.41) is 28.7. The minimum absolute atomic E-state index is 0.0303. The quantitative estimate of drug-likeness (QED) is 0.0473. The predicted molar refractivity (Wildman–Crippen MR) is 445 cm³/mol. The van der Waals surface area contributed by atoms with Crippen LogP contribution in [0.15, 0.2) is 183 Å². The van der Waals surface area contributed by atoms with Gasteiger partial charge in [-0.2, -0.15) is 4.73 Å². The Kier molecular flexibility index (Phi) is 27.3. The first-order chi connectivity index (χ1) is 55.7. The van der Waals surface area contributed by atoms with Crippen molar-refractivity contribution in [3.63, 3.8) is 0 Å². The van der Waals surface area contributed by atoms with E-state index in [2.05, 4.69) is 55.3 Å². The molecule has 4 saturated carbocycles. The Labute approximate surface area is 681 Å². The van der Waals surface area contributed by atoms with E-state index in [0.717, 1.165) is 129 Å². The van der Waals surface area contributed by atoms with Crippen LogP contribution in [0.4, 0.5) is 0 Å². The van der Waals surface area contributed by atoms with Gasteiger partial charge in [-0.3, -0.25) is 24.4 Å². The van der Waals surface area contributed by atoms with Crippen LogP contribution in [-0.4, -0.2) is 97.8 Å². The number of aliphatic hydroxyl groups is 1. The van der Waals surface area contributed by atoms with E-state index in [9.17, 15) is 24.7 Å². The number of rotatable bonds is 20. The number of methoxy groups -OCH3 is 2. The highest BCUT2D eigenvalue weighted by molar-refractivity contribution is 6.34. The van der Waals surface area contributed by atoms with Crippen molar-refractivity contribution >= 4 is 68.6 Å². The Morgan fingerprint density at radius 1 is 0.678 bits per heavy atom. The third-order valence-electron chi connectivity index (χ3n) is 22.3. The molecular formula is C92H102Cl2N8O13. The number of para-hydroxylation sites is 1. The predicted octanol–water partition coefficient (Wildman–Crippen LogP) is 20.7. The fourth-order valence-corrected chi connectivity index (χ4v) is 16.8. The molecule has 115 heavy (non-hydrogen) atoms. The molecule has 0 saturated heterocycles. The highest BCUT2D eigenvalue weighted by Gasteiger charge is 2.39. The first-order valence-corrected chi connectivity index (χ1v) is 41.0. The van der Waals surface area contributed by atoms with Crippen LogP contribution in [-0.2, 0) is 28.2 Å². The molecule has 4 aliphatic carbocycles. The monoisotopic (exact) mass is 1600 g/mol. The van der Waals surface area contributed by atoms with Crippen LogP contribution in [0, 0.1) is 31.6 Å². The SMILES string of the molecule is CCOC(=O)C1CCC(C2=NC3CCCCC3c3cc(OCC)c(OC)cc32)CC1.COc1ccc(-c2ccc(-c3ccccn3)o2)cc1OC1CCCC1.Cc1cn(CC2CCCCC2)c2cc(C(=O)N=c3c(Cl)cn(O)cc3Cl)ccc12.Cc1noc2c(Oc3ncccc3C(=O)NCc3ccc(C(C)(C)O)cc3)cccc12. The number of halogens is 2. The van der Waals surface area contributed by atoms with Crippen molar-refractivity contribution < 1.29 is 62.1 Å². The first kappa shape index (κ1) is 82.2. The van der Waals surface area contributed by atoms with Crippen molar-refractivity contribution in [3.05, 3.63) is 224 Å². The maximum absolute atomic E-state index is 12.8. The van der Waals surface area contributed by atoms with Gasteiger partial charge < -0.3 is 57.6 Å². The van der Waals surface area contributed by atoms with Gasteiger partial charge in [-0.25, -0.2) is 9.98 Å². The number of nitrogens with zero attached hydrogens (tertiary/aromatic N) is 7. The van der Waals surface area contributed by atoms with E-state index in [-0.39, 0.29) is 45.2 Å². The number of benzene rings is 5. The lowest BCUT2D eigenvalue weighted by Gasteiger charge is -2.38. The van der Waals surface area contributed by atoms with E-state index in [1.165, 1.54) is 105 Å². The Bertz CT molecular complexity index is 5270. The summed E-state index contributed by atoms with van der Waals surface area (Å²) in [7, 11) is 3.38. The molecule has 5 aromatic carbocycles. The number of aliphatic imine (C=N–C) groups is 1. The fraction of sp³-hybridized carbons (Fsp3) is 0.391. The van der Waals surface area contributed by atoms with E-state index in [0.29, 0.717) is 66.0 Å². The molecule has 2 amide bonds.